The van der Waals surface area contributed by atoms with Gasteiger partial charge in [-0.2, -0.15) is 0 Å². The monoisotopic (exact) mass is 361 g/mol. The molecule has 0 aliphatic rings. The highest BCUT2D eigenvalue weighted by molar-refractivity contribution is 7.80. The van der Waals surface area contributed by atoms with Gasteiger partial charge in [-0.1, -0.05) is 30.4 Å². The van der Waals surface area contributed by atoms with Crippen molar-refractivity contribution < 1.29 is 14.3 Å². The highest BCUT2D eigenvalue weighted by atomic mass is 32.1. The Hall–Kier alpha value is -2.41. The summed E-state index contributed by atoms with van der Waals surface area (Å²) in [7, 11) is 1.68. The number of benzene rings is 1. The first-order valence-electron chi connectivity index (χ1n) is 8.01. The summed E-state index contributed by atoms with van der Waals surface area (Å²) in [5, 5.41) is 6.59. The van der Waals surface area contributed by atoms with E-state index in [4.69, 9.17) is 17.0 Å². The minimum atomic E-state index is -0.921. The molecule has 0 spiro atoms. The van der Waals surface area contributed by atoms with Gasteiger partial charge in [0.05, 0.1) is 11.0 Å². The summed E-state index contributed by atoms with van der Waals surface area (Å²) in [6, 6.07) is 7.35. The summed E-state index contributed by atoms with van der Waals surface area (Å²) in [5.74, 6) is -1.73. The maximum Gasteiger partial charge on any atom is 0.397 e. The lowest BCUT2D eigenvalue weighted by Crippen LogP contribution is -2.49. The number of hydrogen-bond acceptors (Lipinski definition) is 4. The van der Waals surface area contributed by atoms with Crippen LogP contribution in [-0.2, 0) is 20.7 Å². The van der Waals surface area contributed by atoms with Crippen molar-refractivity contribution >= 4 is 40.0 Å². The normalized spacial score (nSPS) is 12.5. The Labute approximate surface area is 152 Å². The average molecular weight is 361 g/mol. The zero-order chi connectivity index (χ0) is 18.6. The summed E-state index contributed by atoms with van der Waals surface area (Å²) >= 11 is 5.30. The van der Waals surface area contributed by atoms with Crippen LogP contribution in [0, 0.1) is 0 Å². The van der Waals surface area contributed by atoms with Crippen molar-refractivity contribution in [3.8, 4) is 0 Å². The van der Waals surface area contributed by atoms with Crippen LogP contribution in [0.3, 0.4) is 0 Å². The first-order chi connectivity index (χ1) is 11.7. The second-order valence-electron chi connectivity index (χ2n) is 6.71. The molecule has 1 aromatic heterocycles. The third kappa shape index (κ3) is 5.03. The minimum Gasteiger partial charge on any atom is -0.453 e. The van der Waals surface area contributed by atoms with Crippen LogP contribution in [0.4, 0.5) is 0 Å². The number of likely N-dealkylation sites (N-methyl/N-ethyl adjacent to an activating group) is 1. The van der Waals surface area contributed by atoms with Gasteiger partial charge in [0.15, 0.2) is 0 Å². The third-order valence-electron chi connectivity index (χ3n) is 3.55. The first-order valence-corrected chi connectivity index (χ1v) is 8.42. The maximum atomic E-state index is 12.2. The lowest BCUT2D eigenvalue weighted by molar-refractivity contribution is -0.163. The van der Waals surface area contributed by atoms with E-state index in [1.165, 1.54) is 0 Å². The van der Waals surface area contributed by atoms with Crippen LogP contribution < -0.4 is 10.6 Å². The van der Waals surface area contributed by atoms with Crippen LogP contribution in [0.2, 0.25) is 0 Å². The molecule has 0 saturated carbocycles. The molecule has 0 aliphatic carbocycles. The fraction of sp³-hybridized carbons (Fsp3) is 0.389. The van der Waals surface area contributed by atoms with E-state index in [9.17, 15) is 9.59 Å². The number of aromatic amines is 1. The van der Waals surface area contributed by atoms with Crippen LogP contribution in [0.15, 0.2) is 30.5 Å². The molecule has 1 amide bonds. The minimum absolute atomic E-state index is 0.446. The van der Waals surface area contributed by atoms with Gasteiger partial charge >= 0.3 is 11.9 Å². The Morgan fingerprint density at radius 2 is 1.96 bits per heavy atom. The zero-order valence-electron chi connectivity index (χ0n) is 14.8. The molecule has 1 aromatic carbocycles. The summed E-state index contributed by atoms with van der Waals surface area (Å²) in [5.41, 5.74) is 1.28. The molecule has 0 saturated heterocycles. The van der Waals surface area contributed by atoms with E-state index in [2.05, 4.69) is 15.6 Å². The SMILES string of the molecule is CNC(=S)[C@H](Cc1c[nH]c2ccccc12)NC(=O)C(=O)OC(C)(C)C. The van der Waals surface area contributed by atoms with Crippen LogP contribution in [0.25, 0.3) is 10.9 Å². The standard InChI is InChI=1S/C18H23N3O3S/c1-18(2,3)24-17(23)15(22)21-14(16(25)19-4)9-11-10-20-13-8-6-5-7-12(11)13/h5-8,10,14,20H,9H2,1-4H3,(H,19,25)(H,21,22)/t14-/m0/s1. The molecule has 0 radical (unpaired) electrons. The van der Waals surface area contributed by atoms with Crippen molar-refractivity contribution in [2.24, 2.45) is 0 Å². The smallest absolute Gasteiger partial charge is 0.397 e. The molecule has 3 N–H and O–H groups in total. The highest BCUT2D eigenvalue weighted by Gasteiger charge is 2.26. The van der Waals surface area contributed by atoms with Gasteiger partial charge in [-0.05, 0) is 32.4 Å². The lowest BCUT2D eigenvalue weighted by Gasteiger charge is -2.22. The van der Waals surface area contributed by atoms with Gasteiger partial charge in [-0.25, -0.2) is 4.79 Å². The van der Waals surface area contributed by atoms with E-state index in [0.29, 0.717) is 11.4 Å². The topological polar surface area (TPSA) is 83.2 Å². The van der Waals surface area contributed by atoms with Crippen molar-refractivity contribution in [2.75, 3.05) is 7.05 Å². The zero-order valence-corrected chi connectivity index (χ0v) is 15.6. The van der Waals surface area contributed by atoms with Crippen LogP contribution in [-0.4, -0.2) is 40.5 Å². The second kappa shape index (κ2) is 7.65. The number of H-pyrrole nitrogens is 1. The number of esters is 1. The molecular formula is C18H23N3O3S. The molecule has 0 aliphatic heterocycles. The molecular weight excluding hydrogens is 338 g/mol. The molecule has 25 heavy (non-hydrogen) atoms. The maximum absolute atomic E-state index is 12.2. The van der Waals surface area contributed by atoms with Crippen molar-refractivity contribution in [2.45, 2.75) is 38.8 Å². The van der Waals surface area contributed by atoms with Gasteiger partial charge in [0.25, 0.3) is 0 Å². The Bertz CT molecular complexity index is 792. The van der Waals surface area contributed by atoms with Crippen molar-refractivity contribution in [3.63, 3.8) is 0 Å². The number of ether oxygens (including phenoxy) is 1. The van der Waals surface area contributed by atoms with Gasteiger partial charge in [0, 0.05) is 30.6 Å². The number of rotatable bonds is 4. The van der Waals surface area contributed by atoms with Gasteiger partial charge in [-0.15, -0.1) is 0 Å². The summed E-state index contributed by atoms with van der Waals surface area (Å²) < 4.78 is 5.10. The van der Waals surface area contributed by atoms with Crippen molar-refractivity contribution in [3.05, 3.63) is 36.0 Å². The van der Waals surface area contributed by atoms with Gasteiger partial charge < -0.3 is 20.4 Å². The molecule has 1 heterocycles. The van der Waals surface area contributed by atoms with Crippen LogP contribution in [0.1, 0.15) is 26.3 Å². The number of carbonyl (C=O) groups is 2. The number of fused-ring (bicyclic) bond motifs is 1. The van der Waals surface area contributed by atoms with Crippen LogP contribution >= 0.6 is 12.2 Å². The first kappa shape index (κ1) is 18.9. The van der Waals surface area contributed by atoms with Gasteiger partial charge in [-0.3, -0.25) is 4.79 Å². The van der Waals surface area contributed by atoms with Crippen molar-refractivity contribution in [1.29, 1.82) is 0 Å². The Morgan fingerprint density at radius 3 is 2.60 bits per heavy atom. The number of para-hydroxylation sites is 1. The Balaban J connectivity index is 2.15. The molecule has 2 rings (SSSR count). The third-order valence-corrected chi connectivity index (χ3v) is 4.04. The Morgan fingerprint density at radius 1 is 1.28 bits per heavy atom. The predicted molar refractivity (Wildman–Crippen MR) is 101 cm³/mol. The number of carbonyl (C=O) groups excluding carboxylic acids is 2. The van der Waals surface area contributed by atoms with Crippen LogP contribution in [0.5, 0.6) is 0 Å². The Kier molecular flexibility index (Phi) is 5.79. The molecule has 7 heteroatoms. The number of thiocarbonyl (C=S) groups is 1. The molecule has 0 bridgehead atoms. The number of nitrogens with one attached hydrogen (secondary N) is 3. The van der Waals surface area contributed by atoms with E-state index in [1.807, 2.05) is 30.5 Å². The number of amides is 1. The molecule has 6 nitrogen and oxygen atoms in total. The van der Waals surface area contributed by atoms with E-state index in [-0.39, 0.29) is 0 Å². The molecule has 0 fully saturated rings. The molecule has 134 valence electrons. The second-order valence-corrected chi connectivity index (χ2v) is 7.15. The van der Waals surface area contributed by atoms with Gasteiger partial charge in [0.1, 0.15) is 5.60 Å². The van der Waals surface area contributed by atoms with E-state index in [1.54, 1.807) is 27.8 Å². The molecule has 0 unspecified atom stereocenters. The highest BCUT2D eigenvalue weighted by Crippen LogP contribution is 2.19. The fourth-order valence-corrected chi connectivity index (χ4v) is 2.59. The lowest BCUT2D eigenvalue weighted by atomic mass is 10.0. The van der Waals surface area contributed by atoms with E-state index < -0.39 is 23.5 Å². The van der Waals surface area contributed by atoms with E-state index >= 15 is 0 Å². The quantitative estimate of drug-likeness (QED) is 0.441. The number of aromatic nitrogens is 1. The number of hydrogen-bond donors (Lipinski definition) is 3. The predicted octanol–water partition coefficient (Wildman–Crippen LogP) is 2.08. The van der Waals surface area contributed by atoms with Gasteiger partial charge in [0.2, 0.25) is 0 Å². The summed E-state index contributed by atoms with van der Waals surface area (Å²) in [6.07, 6.45) is 2.34. The molecule has 2 aromatic rings. The van der Waals surface area contributed by atoms with E-state index in [0.717, 1.165) is 16.5 Å². The largest absolute Gasteiger partial charge is 0.453 e. The summed E-state index contributed by atoms with van der Waals surface area (Å²) in [4.78, 5) is 27.7. The average Bonchev–Trinajstić information content (AvgIpc) is 2.95. The van der Waals surface area contributed by atoms with Crippen molar-refractivity contribution in [1.82, 2.24) is 15.6 Å². The fourth-order valence-electron chi connectivity index (χ4n) is 2.45. The molecule has 1 atom stereocenters. The summed E-state index contributed by atoms with van der Waals surface area (Å²) in [6.45, 7) is 5.12.